The second kappa shape index (κ2) is 7.17. The van der Waals surface area contributed by atoms with Crippen molar-refractivity contribution in [2.45, 2.75) is 19.3 Å². The molecule has 0 aliphatic carbocycles. The number of alkyl halides is 1. The zero-order chi connectivity index (χ0) is 11.8. The summed E-state index contributed by atoms with van der Waals surface area (Å²) in [7, 11) is 0. The average Bonchev–Trinajstić information content (AvgIpc) is 2.30. The molecular formula is C12H14BrNO2. The number of nitrogens with one attached hydrogen (secondary N) is 1. The maximum absolute atomic E-state index is 11.5. The van der Waals surface area contributed by atoms with Gasteiger partial charge in [-0.2, -0.15) is 0 Å². The number of benzene rings is 1. The molecule has 0 saturated heterocycles. The summed E-state index contributed by atoms with van der Waals surface area (Å²) >= 11 is 3.29. The van der Waals surface area contributed by atoms with E-state index in [1.807, 2.05) is 6.07 Å². The van der Waals surface area contributed by atoms with Gasteiger partial charge in [0.25, 0.3) is 5.91 Å². The molecule has 0 bridgehead atoms. The number of carbonyl (C=O) groups is 2. The minimum atomic E-state index is -0.329. The number of hydrogen-bond donors (Lipinski definition) is 1. The normalized spacial score (nSPS) is 9.81. The van der Waals surface area contributed by atoms with Gasteiger partial charge in [-0.15, -0.1) is 0 Å². The van der Waals surface area contributed by atoms with Crippen LogP contribution in [0.1, 0.15) is 29.6 Å². The number of carbonyl (C=O) groups excluding carboxylic acids is 2. The Bertz CT molecular complexity index is 351. The first-order valence-electron chi connectivity index (χ1n) is 5.19. The lowest BCUT2D eigenvalue weighted by molar-refractivity contribution is -0.120. The van der Waals surface area contributed by atoms with Crippen LogP contribution in [0.25, 0.3) is 0 Å². The molecule has 0 spiro atoms. The van der Waals surface area contributed by atoms with Gasteiger partial charge in [-0.1, -0.05) is 34.1 Å². The van der Waals surface area contributed by atoms with Crippen LogP contribution in [-0.2, 0) is 4.79 Å². The number of unbranched alkanes of at least 4 members (excludes halogenated alkanes) is 1. The van der Waals surface area contributed by atoms with Crippen LogP contribution in [0.2, 0.25) is 0 Å². The van der Waals surface area contributed by atoms with Gasteiger partial charge in [-0.25, -0.2) is 0 Å². The van der Waals surface area contributed by atoms with Crippen LogP contribution >= 0.6 is 15.9 Å². The molecular weight excluding hydrogens is 270 g/mol. The molecule has 0 fully saturated rings. The maximum atomic E-state index is 11.5. The van der Waals surface area contributed by atoms with Gasteiger partial charge in [-0.05, 0) is 25.0 Å². The van der Waals surface area contributed by atoms with Crippen LogP contribution in [-0.4, -0.2) is 17.1 Å². The highest BCUT2D eigenvalue weighted by atomic mass is 79.9. The fraction of sp³-hybridized carbons (Fsp3) is 0.333. The Hall–Kier alpha value is -1.16. The summed E-state index contributed by atoms with van der Waals surface area (Å²) in [5, 5.41) is 3.24. The van der Waals surface area contributed by atoms with E-state index in [0.717, 1.165) is 18.2 Å². The standard InChI is InChI=1S/C12H14BrNO2/c13-9-5-4-8-11(15)14-12(16)10-6-2-1-3-7-10/h1-3,6-7H,4-5,8-9H2,(H,14,15,16). The first kappa shape index (κ1) is 12.9. The lowest BCUT2D eigenvalue weighted by Gasteiger charge is -2.03. The third-order valence-electron chi connectivity index (χ3n) is 2.08. The van der Waals surface area contributed by atoms with Crippen LogP contribution in [0.15, 0.2) is 30.3 Å². The van der Waals surface area contributed by atoms with E-state index in [-0.39, 0.29) is 11.8 Å². The topological polar surface area (TPSA) is 46.2 Å². The summed E-state index contributed by atoms with van der Waals surface area (Å²) in [5.74, 6) is -0.542. The number of hydrogen-bond acceptors (Lipinski definition) is 2. The Morgan fingerprint density at radius 2 is 1.81 bits per heavy atom. The van der Waals surface area contributed by atoms with Crippen molar-refractivity contribution in [2.24, 2.45) is 0 Å². The van der Waals surface area contributed by atoms with Gasteiger partial charge in [0.15, 0.2) is 0 Å². The van der Waals surface area contributed by atoms with Gasteiger partial charge < -0.3 is 0 Å². The van der Waals surface area contributed by atoms with Crippen LogP contribution < -0.4 is 5.32 Å². The van der Waals surface area contributed by atoms with Crippen molar-refractivity contribution in [3.05, 3.63) is 35.9 Å². The van der Waals surface area contributed by atoms with E-state index in [2.05, 4.69) is 21.2 Å². The molecule has 0 heterocycles. The predicted molar refractivity (Wildman–Crippen MR) is 66.6 cm³/mol. The molecule has 0 radical (unpaired) electrons. The lowest BCUT2D eigenvalue weighted by atomic mass is 10.2. The second-order valence-electron chi connectivity index (χ2n) is 3.39. The summed E-state index contributed by atoms with van der Waals surface area (Å²) in [4.78, 5) is 22.9. The third-order valence-corrected chi connectivity index (χ3v) is 2.64. The fourth-order valence-electron chi connectivity index (χ4n) is 1.23. The first-order valence-corrected chi connectivity index (χ1v) is 6.31. The minimum Gasteiger partial charge on any atom is -0.292 e. The van der Waals surface area contributed by atoms with E-state index in [4.69, 9.17) is 0 Å². The molecule has 0 atom stereocenters. The second-order valence-corrected chi connectivity index (χ2v) is 4.18. The SMILES string of the molecule is O=C(CCCCBr)NC(=O)c1ccccc1. The van der Waals surface area contributed by atoms with E-state index >= 15 is 0 Å². The van der Waals surface area contributed by atoms with Crippen molar-refractivity contribution in [3.63, 3.8) is 0 Å². The van der Waals surface area contributed by atoms with Crippen molar-refractivity contribution in [1.82, 2.24) is 5.32 Å². The van der Waals surface area contributed by atoms with E-state index in [9.17, 15) is 9.59 Å². The zero-order valence-corrected chi connectivity index (χ0v) is 10.5. The monoisotopic (exact) mass is 283 g/mol. The summed E-state index contributed by atoms with van der Waals surface area (Å²) in [6.45, 7) is 0. The van der Waals surface area contributed by atoms with Crippen LogP contribution in [0.5, 0.6) is 0 Å². The molecule has 1 aromatic carbocycles. The van der Waals surface area contributed by atoms with Gasteiger partial charge in [-0.3, -0.25) is 14.9 Å². The first-order chi connectivity index (χ1) is 7.74. The molecule has 0 aliphatic rings. The van der Waals surface area contributed by atoms with Crippen molar-refractivity contribution in [2.75, 3.05) is 5.33 Å². The number of rotatable bonds is 5. The van der Waals surface area contributed by atoms with Gasteiger partial charge in [0, 0.05) is 17.3 Å². The summed E-state index contributed by atoms with van der Waals surface area (Å²) in [6, 6.07) is 8.73. The van der Waals surface area contributed by atoms with Crippen LogP contribution in [0.4, 0.5) is 0 Å². The van der Waals surface area contributed by atoms with Crippen molar-refractivity contribution < 1.29 is 9.59 Å². The highest BCUT2D eigenvalue weighted by Gasteiger charge is 2.08. The predicted octanol–water partition coefficient (Wildman–Crippen LogP) is 2.51. The summed E-state index contributed by atoms with van der Waals surface area (Å²) in [5.41, 5.74) is 0.511. The van der Waals surface area contributed by atoms with Crippen molar-refractivity contribution >= 4 is 27.7 Å². The van der Waals surface area contributed by atoms with Crippen molar-refractivity contribution in [3.8, 4) is 0 Å². The quantitative estimate of drug-likeness (QED) is 0.667. The molecule has 86 valence electrons. The summed E-state index contributed by atoms with van der Waals surface area (Å²) < 4.78 is 0. The Morgan fingerprint density at radius 1 is 1.12 bits per heavy atom. The lowest BCUT2D eigenvalue weighted by Crippen LogP contribution is -2.30. The number of imide groups is 1. The number of amides is 2. The third kappa shape index (κ3) is 4.57. The summed E-state index contributed by atoms with van der Waals surface area (Å²) in [6.07, 6.45) is 2.12. The zero-order valence-electron chi connectivity index (χ0n) is 8.91. The molecule has 4 heteroatoms. The number of halogens is 1. The van der Waals surface area contributed by atoms with E-state index < -0.39 is 0 Å². The Balaban J connectivity index is 2.37. The Labute approximate surface area is 103 Å². The smallest absolute Gasteiger partial charge is 0.257 e. The fourth-order valence-corrected chi connectivity index (χ4v) is 1.63. The van der Waals surface area contributed by atoms with Crippen LogP contribution in [0, 0.1) is 0 Å². The molecule has 0 aliphatic heterocycles. The minimum absolute atomic E-state index is 0.213. The molecule has 3 nitrogen and oxygen atoms in total. The molecule has 0 unspecified atom stereocenters. The molecule has 16 heavy (non-hydrogen) atoms. The van der Waals surface area contributed by atoms with Crippen molar-refractivity contribution in [1.29, 1.82) is 0 Å². The van der Waals surface area contributed by atoms with Gasteiger partial charge >= 0.3 is 0 Å². The average molecular weight is 284 g/mol. The molecule has 1 rings (SSSR count). The molecule has 2 amide bonds. The van der Waals surface area contributed by atoms with E-state index in [0.29, 0.717) is 12.0 Å². The molecule has 0 aromatic heterocycles. The molecule has 0 saturated carbocycles. The van der Waals surface area contributed by atoms with Gasteiger partial charge in [0.1, 0.15) is 0 Å². The van der Waals surface area contributed by atoms with Gasteiger partial charge in [0.2, 0.25) is 5.91 Å². The molecule has 1 N–H and O–H groups in total. The highest BCUT2D eigenvalue weighted by Crippen LogP contribution is 2.00. The largest absolute Gasteiger partial charge is 0.292 e. The Morgan fingerprint density at radius 3 is 2.44 bits per heavy atom. The van der Waals surface area contributed by atoms with Crippen LogP contribution in [0.3, 0.4) is 0 Å². The van der Waals surface area contributed by atoms with Gasteiger partial charge in [0.05, 0.1) is 0 Å². The maximum Gasteiger partial charge on any atom is 0.257 e. The molecule has 1 aromatic rings. The van der Waals surface area contributed by atoms with E-state index in [1.54, 1.807) is 24.3 Å². The highest BCUT2D eigenvalue weighted by molar-refractivity contribution is 9.09. The van der Waals surface area contributed by atoms with E-state index in [1.165, 1.54) is 0 Å². The Kier molecular flexibility index (Phi) is 5.78.